The van der Waals surface area contributed by atoms with Crippen molar-refractivity contribution in [2.24, 2.45) is 5.73 Å². The summed E-state index contributed by atoms with van der Waals surface area (Å²) in [6.45, 7) is 0. The Morgan fingerprint density at radius 3 is 2.92 bits per heavy atom. The van der Waals surface area contributed by atoms with Gasteiger partial charge in [0.2, 0.25) is 5.91 Å². The van der Waals surface area contributed by atoms with Crippen LogP contribution in [0, 0.1) is 0 Å². The Kier molecular flexibility index (Phi) is 3.16. The maximum atomic E-state index is 12.1. The molecule has 1 atom stereocenters. The highest BCUT2D eigenvalue weighted by molar-refractivity contribution is 5.87. The number of anilines is 1. The summed E-state index contributed by atoms with van der Waals surface area (Å²) in [5, 5.41) is 1.06. The molecule has 0 aliphatic rings. The van der Waals surface area contributed by atoms with Crippen LogP contribution < -0.4 is 11.5 Å². The Balaban J connectivity index is 1.80. The first-order chi connectivity index (χ1) is 11.6. The lowest BCUT2D eigenvalue weighted by Crippen LogP contribution is -2.28. The number of benzene rings is 1. The molecular weight excluding hydrogens is 306 g/mol. The van der Waals surface area contributed by atoms with Gasteiger partial charge in [0.25, 0.3) is 0 Å². The number of carbonyl (C=O) groups excluding carboxylic acids is 1. The highest BCUT2D eigenvalue weighted by Gasteiger charge is 2.23. The third-order valence-corrected chi connectivity index (χ3v) is 4.14. The first-order valence-electron chi connectivity index (χ1n) is 7.42. The zero-order chi connectivity index (χ0) is 16.7. The highest BCUT2D eigenvalue weighted by atomic mass is 16.1. The van der Waals surface area contributed by atoms with Gasteiger partial charge in [-0.3, -0.25) is 4.79 Å². The standard InChI is InChI=1S/C16H15N7O/c17-14-13-16(21-7-20-14)23(8-22-13)12(15(18)24)5-9-6-19-11-4-2-1-3-10(9)11/h1-4,6-8,12,19H,5H2,(H2,18,24)(H2,17,20,21). The van der Waals surface area contributed by atoms with Crippen molar-refractivity contribution < 1.29 is 4.79 Å². The van der Waals surface area contributed by atoms with Gasteiger partial charge in [0.05, 0.1) is 6.33 Å². The molecule has 1 amide bonds. The smallest absolute Gasteiger partial charge is 0.240 e. The van der Waals surface area contributed by atoms with Gasteiger partial charge in [0, 0.05) is 23.5 Å². The summed E-state index contributed by atoms with van der Waals surface area (Å²) >= 11 is 0. The summed E-state index contributed by atoms with van der Waals surface area (Å²) in [4.78, 5) is 27.6. The van der Waals surface area contributed by atoms with E-state index >= 15 is 0 Å². The van der Waals surface area contributed by atoms with E-state index in [-0.39, 0.29) is 5.82 Å². The minimum absolute atomic E-state index is 0.272. The van der Waals surface area contributed by atoms with Gasteiger partial charge < -0.3 is 21.0 Å². The zero-order valence-corrected chi connectivity index (χ0v) is 12.7. The van der Waals surface area contributed by atoms with Crippen molar-refractivity contribution in [2.75, 3.05) is 5.73 Å². The van der Waals surface area contributed by atoms with E-state index < -0.39 is 11.9 Å². The Morgan fingerprint density at radius 2 is 2.08 bits per heavy atom. The van der Waals surface area contributed by atoms with Crippen molar-refractivity contribution >= 4 is 33.8 Å². The number of aromatic nitrogens is 5. The van der Waals surface area contributed by atoms with Crippen molar-refractivity contribution in [3.63, 3.8) is 0 Å². The van der Waals surface area contributed by atoms with Crippen LogP contribution >= 0.6 is 0 Å². The quantitative estimate of drug-likeness (QED) is 0.519. The molecule has 5 N–H and O–H groups in total. The van der Waals surface area contributed by atoms with Crippen LogP contribution in [-0.2, 0) is 11.2 Å². The molecule has 0 fully saturated rings. The summed E-state index contributed by atoms with van der Waals surface area (Å²) in [7, 11) is 0. The summed E-state index contributed by atoms with van der Waals surface area (Å²) in [5.41, 5.74) is 14.4. The first kappa shape index (κ1) is 14.2. The van der Waals surface area contributed by atoms with Crippen molar-refractivity contribution in [1.82, 2.24) is 24.5 Å². The fourth-order valence-corrected chi connectivity index (χ4v) is 2.94. The van der Waals surface area contributed by atoms with E-state index in [1.165, 1.54) is 12.7 Å². The molecule has 0 spiro atoms. The van der Waals surface area contributed by atoms with Gasteiger partial charge in [0.1, 0.15) is 17.9 Å². The average Bonchev–Trinajstić information content (AvgIpc) is 3.17. The number of fused-ring (bicyclic) bond motifs is 2. The lowest BCUT2D eigenvalue weighted by Gasteiger charge is -2.15. The highest BCUT2D eigenvalue weighted by Crippen LogP contribution is 2.25. The van der Waals surface area contributed by atoms with E-state index in [0.29, 0.717) is 17.6 Å². The third kappa shape index (κ3) is 2.16. The number of nitrogens with one attached hydrogen (secondary N) is 1. The minimum Gasteiger partial charge on any atom is -0.382 e. The summed E-state index contributed by atoms with van der Waals surface area (Å²) in [6, 6.07) is 7.28. The molecule has 24 heavy (non-hydrogen) atoms. The van der Waals surface area contributed by atoms with E-state index in [2.05, 4.69) is 19.9 Å². The number of nitrogens with two attached hydrogens (primary N) is 2. The van der Waals surface area contributed by atoms with E-state index in [9.17, 15) is 4.79 Å². The van der Waals surface area contributed by atoms with Gasteiger partial charge >= 0.3 is 0 Å². The van der Waals surface area contributed by atoms with Crippen LogP contribution in [0.15, 0.2) is 43.1 Å². The van der Waals surface area contributed by atoms with E-state index in [0.717, 1.165) is 16.5 Å². The number of para-hydroxylation sites is 1. The third-order valence-electron chi connectivity index (χ3n) is 4.14. The summed E-state index contributed by atoms with van der Waals surface area (Å²) < 4.78 is 1.65. The second-order valence-corrected chi connectivity index (χ2v) is 5.56. The lowest BCUT2D eigenvalue weighted by atomic mass is 10.0. The van der Waals surface area contributed by atoms with Crippen LogP contribution in [0.4, 0.5) is 5.82 Å². The molecule has 1 aromatic carbocycles. The summed E-state index contributed by atoms with van der Waals surface area (Å²) in [6.07, 6.45) is 5.19. The van der Waals surface area contributed by atoms with Crippen molar-refractivity contribution in [3.8, 4) is 0 Å². The molecular formula is C16H15N7O. The fourth-order valence-electron chi connectivity index (χ4n) is 2.94. The lowest BCUT2D eigenvalue weighted by molar-refractivity contribution is -0.121. The maximum absolute atomic E-state index is 12.1. The second-order valence-electron chi connectivity index (χ2n) is 5.56. The Bertz CT molecular complexity index is 1050. The molecule has 120 valence electrons. The molecule has 8 heteroatoms. The normalized spacial score (nSPS) is 12.7. The van der Waals surface area contributed by atoms with Crippen molar-refractivity contribution in [2.45, 2.75) is 12.5 Å². The molecule has 0 bridgehead atoms. The summed E-state index contributed by atoms with van der Waals surface area (Å²) in [5.74, 6) is -0.189. The SMILES string of the molecule is NC(=O)C(Cc1c[nH]c2ccccc12)n1cnc2c(N)ncnc21. The molecule has 0 aliphatic carbocycles. The molecule has 1 unspecified atom stereocenters. The Labute approximate surface area is 136 Å². The predicted molar refractivity (Wildman–Crippen MR) is 90.0 cm³/mol. The Morgan fingerprint density at radius 1 is 1.25 bits per heavy atom. The molecule has 3 heterocycles. The number of amides is 1. The minimum atomic E-state index is -0.622. The predicted octanol–water partition coefficient (Wildman–Crippen LogP) is 1.16. The van der Waals surface area contributed by atoms with Crippen molar-refractivity contribution in [1.29, 1.82) is 0 Å². The van der Waals surface area contributed by atoms with Gasteiger partial charge in [-0.15, -0.1) is 0 Å². The van der Waals surface area contributed by atoms with Crippen molar-refractivity contribution in [3.05, 3.63) is 48.7 Å². The average molecular weight is 321 g/mol. The van der Waals surface area contributed by atoms with Crippen LogP contribution in [0.1, 0.15) is 11.6 Å². The van der Waals surface area contributed by atoms with Crippen LogP contribution in [0.25, 0.3) is 22.1 Å². The molecule has 0 saturated heterocycles. The number of rotatable bonds is 4. The molecule has 4 rings (SSSR count). The molecule has 3 aromatic heterocycles. The fraction of sp³-hybridized carbons (Fsp3) is 0.125. The zero-order valence-electron chi connectivity index (χ0n) is 12.7. The number of nitrogens with zero attached hydrogens (tertiary/aromatic N) is 4. The largest absolute Gasteiger partial charge is 0.382 e. The number of imidazole rings is 1. The molecule has 8 nitrogen and oxygen atoms in total. The van der Waals surface area contributed by atoms with Crippen LogP contribution in [-0.4, -0.2) is 30.4 Å². The van der Waals surface area contributed by atoms with E-state index in [4.69, 9.17) is 11.5 Å². The van der Waals surface area contributed by atoms with E-state index in [1.807, 2.05) is 30.5 Å². The number of aromatic amines is 1. The van der Waals surface area contributed by atoms with E-state index in [1.54, 1.807) is 4.57 Å². The number of hydrogen-bond donors (Lipinski definition) is 3. The monoisotopic (exact) mass is 321 g/mol. The van der Waals surface area contributed by atoms with Crippen LogP contribution in [0.3, 0.4) is 0 Å². The van der Waals surface area contributed by atoms with Gasteiger partial charge in [0.15, 0.2) is 11.5 Å². The molecule has 0 aliphatic heterocycles. The van der Waals surface area contributed by atoms with Gasteiger partial charge in [-0.2, -0.15) is 0 Å². The Hall–Kier alpha value is -3.42. The van der Waals surface area contributed by atoms with Gasteiger partial charge in [-0.05, 0) is 11.6 Å². The van der Waals surface area contributed by atoms with Crippen LogP contribution in [0.2, 0.25) is 0 Å². The number of nitrogen functional groups attached to an aromatic ring is 1. The number of H-pyrrole nitrogens is 1. The van der Waals surface area contributed by atoms with Gasteiger partial charge in [-0.1, -0.05) is 18.2 Å². The van der Waals surface area contributed by atoms with Crippen LogP contribution in [0.5, 0.6) is 0 Å². The maximum Gasteiger partial charge on any atom is 0.240 e. The van der Waals surface area contributed by atoms with Gasteiger partial charge in [-0.25, -0.2) is 15.0 Å². The second kappa shape index (κ2) is 5.34. The number of carbonyl (C=O) groups is 1. The first-order valence-corrected chi connectivity index (χ1v) is 7.42. The topological polar surface area (TPSA) is 128 Å². The molecule has 0 saturated carbocycles. The number of primary amides is 1. The molecule has 4 aromatic rings. The number of hydrogen-bond acceptors (Lipinski definition) is 5. The molecule has 0 radical (unpaired) electrons.